The van der Waals surface area contributed by atoms with E-state index in [9.17, 15) is 14.4 Å². The maximum Gasteiger partial charge on any atom is 0.349 e. The van der Waals surface area contributed by atoms with Gasteiger partial charge >= 0.3 is 11.6 Å². The molecule has 0 bridgehead atoms. The third kappa shape index (κ3) is 4.35. The van der Waals surface area contributed by atoms with Crippen LogP contribution in [0.5, 0.6) is 0 Å². The second-order valence-electron chi connectivity index (χ2n) is 7.18. The number of ketones is 1. The fourth-order valence-corrected chi connectivity index (χ4v) is 3.30. The van der Waals surface area contributed by atoms with Gasteiger partial charge in [-0.15, -0.1) is 0 Å². The number of nitrogens with zero attached hydrogens (tertiary/aromatic N) is 1. The predicted octanol–water partition coefficient (Wildman–Crippen LogP) is 3.26. The first-order chi connectivity index (χ1) is 14.3. The van der Waals surface area contributed by atoms with Gasteiger partial charge in [0.05, 0.1) is 12.8 Å². The molecule has 0 saturated heterocycles. The Balaban J connectivity index is 2.15. The summed E-state index contributed by atoms with van der Waals surface area (Å²) in [6, 6.07) is 14.0. The van der Waals surface area contributed by atoms with Gasteiger partial charge in [-0.25, -0.2) is 9.59 Å². The van der Waals surface area contributed by atoms with E-state index >= 15 is 0 Å². The molecule has 2 aromatic carbocycles. The number of fused-ring (bicyclic) bond motifs is 1. The molecular weight excluding hydrogens is 384 g/mol. The lowest BCUT2D eigenvalue weighted by Gasteiger charge is -2.21. The van der Waals surface area contributed by atoms with Crippen molar-refractivity contribution in [3.8, 4) is 0 Å². The second-order valence-corrected chi connectivity index (χ2v) is 7.18. The molecule has 1 heterocycles. The Hall–Kier alpha value is -3.61. The lowest BCUT2D eigenvalue weighted by Crippen LogP contribution is -2.34. The van der Waals surface area contributed by atoms with Crippen LogP contribution < -0.4 is 15.8 Å². The minimum atomic E-state index is -0.797. The average molecular weight is 408 g/mol. The van der Waals surface area contributed by atoms with Crippen LogP contribution in [0.1, 0.15) is 22.8 Å². The fraction of sp³-hybridized carbons (Fsp3) is 0.261. The van der Waals surface area contributed by atoms with E-state index in [0.717, 1.165) is 11.3 Å². The van der Waals surface area contributed by atoms with Crippen molar-refractivity contribution in [3.05, 3.63) is 70.1 Å². The molecule has 0 aliphatic heterocycles. The average Bonchev–Trinajstić information content (AvgIpc) is 2.72. The molecule has 0 aliphatic carbocycles. The SMILES string of the molecule is COC(=O)[C@H](Cc1ccccc1)Nc1c(C(C)=O)c(=O)oc2cc(N(C)C)ccc12. The molecule has 156 valence electrons. The smallest absolute Gasteiger partial charge is 0.349 e. The van der Waals surface area contributed by atoms with E-state index in [-0.39, 0.29) is 11.3 Å². The molecule has 30 heavy (non-hydrogen) atoms. The fourth-order valence-electron chi connectivity index (χ4n) is 3.30. The Kier molecular flexibility index (Phi) is 6.20. The molecular formula is C23H24N2O5. The van der Waals surface area contributed by atoms with Crippen LogP contribution in [0.3, 0.4) is 0 Å². The van der Waals surface area contributed by atoms with Crippen LogP contribution in [-0.4, -0.2) is 39.0 Å². The van der Waals surface area contributed by atoms with E-state index in [2.05, 4.69) is 5.32 Å². The number of ether oxygens (including phenoxy) is 1. The molecule has 7 heteroatoms. The summed E-state index contributed by atoms with van der Waals surface area (Å²) in [7, 11) is 5.04. The summed E-state index contributed by atoms with van der Waals surface area (Å²) in [5, 5.41) is 3.63. The zero-order valence-corrected chi connectivity index (χ0v) is 17.4. The number of benzene rings is 2. The van der Waals surface area contributed by atoms with Gasteiger partial charge in [0.25, 0.3) is 0 Å². The van der Waals surface area contributed by atoms with Gasteiger partial charge in [0, 0.05) is 37.7 Å². The lowest BCUT2D eigenvalue weighted by molar-refractivity contribution is -0.141. The molecule has 3 aromatic rings. The van der Waals surface area contributed by atoms with Crippen LogP contribution in [-0.2, 0) is 16.0 Å². The van der Waals surface area contributed by atoms with Crippen LogP contribution in [0.2, 0.25) is 0 Å². The van der Waals surface area contributed by atoms with Gasteiger partial charge in [0.1, 0.15) is 17.2 Å². The number of hydrogen-bond acceptors (Lipinski definition) is 7. The zero-order valence-electron chi connectivity index (χ0n) is 17.4. The van der Waals surface area contributed by atoms with Crippen molar-refractivity contribution in [1.82, 2.24) is 0 Å². The first kappa shape index (κ1) is 21.1. The van der Waals surface area contributed by atoms with E-state index in [4.69, 9.17) is 9.15 Å². The van der Waals surface area contributed by atoms with Crippen molar-refractivity contribution in [2.75, 3.05) is 31.4 Å². The summed E-state index contributed by atoms with van der Waals surface area (Å²) in [5.41, 5.74) is 1.46. The number of carbonyl (C=O) groups excluding carboxylic acids is 2. The van der Waals surface area contributed by atoms with Crippen molar-refractivity contribution in [2.24, 2.45) is 0 Å². The molecule has 0 amide bonds. The summed E-state index contributed by atoms with van der Waals surface area (Å²) < 4.78 is 10.4. The molecule has 1 atom stereocenters. The summed E-state index contributed by atoms with van der Waals surface area (Å²) in [6.07, 6.45) is 0.322. The van der Waals surface area contributed by atoms with Crippen LogP contribution in [0.25, 0.3) is 11.0 Å². The van der Waals surface area contributed by atoms with Crippen LogP contribution in [0.4, 0.5) is 11.4 Å². The van der Waals surface area contributed by atoms with Gasteiger partial charge in [0.2, 0.25) is 0 Å². The van der Waals surface area contributed by atoms with E-state index in [0.29, 0.717) is 17.4 Å². The number of Topliss-reactive ketones (excluding diaryl/α,β-unsaturated/α-hetero) is 1. The van der Waals surface area contributed by atoms with E-state index in [1.54, 1.807) is 12.1 Å². The first-order valence-corrected chi connectivity index (χ1v) is 9.49. The summed E-state index contributed by atoms with van der Waals surface area (Å²) >= 11 is 0. The Bertz CT molecular complexity index is 1140. The summed E-state index contributed by atoms with van der Waals surface area (Å²) in [5.74, 6) is -0.951. The summed E-state index contributed by atoms with van der Waals surface area (Å²) in [4.78, 5) is 39.2. The predicted molar refractivity (Wildman–Crippen MR) is 116 cm³/mol. The second kappa shape index (κ2) is 8.82. The van der Waals surface area contributed by atoms with Gasteiger partial charge in [-0.05, 0) is 24.6 Å². The van der Waals surface area contributed by atoms with Crippen LogP contribution in [0, 0.1) is 0 Å². The van der Waals surface area contributed by atoms with Gasteiger partial charge in [-0.2, -0.15) is 0 Å². The van der Waals surface area contributed by atoms with Crippen LogP contribution in [0.15, 0.2) is 57.7 Å². The standard InChI is InChI=1S/C23H24N2O5/c1-14(26)20-21(17-11-10-16(25(2)3)13-19(17)30-23(20)28)24-18(22(27)29-4)12-15-8-6-5-7-9-15/h5-11,13,18,24H,12H2,1-4H3/t18-/m0/s1. The van der Waals surface area contributed by atoms with Gasteiger partial charge < -0.3 is 19.4 Å². The van der Waals surface area contributed by atoms with E-state index < -0.39 is 23.4 Å². The van der Waals surface area contributed by atoms with E-state index in [1.807, 2.05) is 55.4 Å². The minimum Gasteiger partial charge on any atom is -0.467 e. The number of carbonyl (C=O) groups is 2. The van der Waals surface area contributed by atoms with Crippen molar-refractivity contribution in [3.63, 3.8) is 0 Å². The third-order valence-electron chi connectivity index (χ3n) is 4.85. The quantitative estimate of drug-likeness (QED) is 0.365. The molecule has 1 N–H and O–H groups in total. The number of esters is 1. The Labute approximate surface area is 174 Å². The highest BCUT2D eigenvalue weighted by Crippen LogP contribution is 2.30. The summed E-state index contributed by atoms with van der Waals surface area (Å²) in [6.45, 7) is 1.29. The number of methoxy groups -OCH3 is 1. The molecule has 0 unspecified atom stereocenters. The number of anilines is 2. The normalized spacial score (nSPS) is 11.7. The Morgan fingerprint density at radius 2 is 1.83 bits per heavy atom. The van der Waals surface area contributed by atoms with Gasteiger partial charge in [-0.1, -0.05) is 30.3 Å². The zero-order chi connectivity index (χ0) is 21.8. The van der Waals surface area contributed by atoms with Crippen molar-refractivity contribution in [1.29, 1.82) is 0 Å². The molecule has 0 radical (unpaired) electrons. The molecule has 1 aromatic heterocycles. The maximum atomic E-state index is 12.6. The highest BCUT2D eigenvalue weighted by atomic mass is 16.5. The largest absolute Gasteiger partial charge is 0.467 e. The lowest BCUT2D eigenvalue weighted by atomic mass is 10.0. The molecule has 3 rings (SSSR count). The molecule has 7 nitrogen and oxygen atoms in total. The van der Waals surface area contributed by atoms with Gasteiger partial charge in [-0.3, -0.25) is 4.79 Å². The number of rotatable bonds is 7. The Morgan fingerprint density at radius 3 is 2.43 bits per heavy atom. The third-order valence-corrected chi connectivity index (χ3v) is 4.85. The Morgan fingerprint density at radius 1 is 1.13 bits per heavy atom. The topological polar surface area (TPSA) is 88.8 Å². The van der Waals surface area contributed by atoms with Crippen LogP contribution >= 0.6 is 0 Å². The van der Waals surface area contributed by atoms with Crippen molar-refractivity contribution < 1.29 is 18.7 Å². The number of hydrogen-bond donors (Lipinski definition) is 1. The molecule has 0 aliphatic rings. The van der Waals surface area contributed by atoms with Gasteiger partial charge in [0.15, 0.2) is 5.78 Å². The molecule has 0 spiro atoms. The van der Waals surface area contributed by atoms with Crippen molar-refractivity contribution >= 4 is 34.1 Å². The highest BCUT2D eigenvalue weighted by molar-refractivity contribution is 6.07. The first-order valence-electron chi connectivity index (χ1n) is 9.49. The maximum absolute atomic E-state index is 12.6. The molecule has 0 saturated carbocycles. The number of nitrogens with one attached hydrogen (secondary N) is 1. The highest BCUT2D eigenvalue weighted by Gasteiger charge is 2.25. The monoisotopic (exact) mass is 408 g/mol. The van der Waals surface area contributed by atoms with Crippen molar-refractivity contribution in [2.45, 2.75) is 19.4 Å². The minimum absolute atomic E-state index is 0.123. The van der Waals surface area contributed by atoms with E-state index in [1.165, 1.54) is 14.0 Å². The molecule has 0 fully saturated rings.